The first-order valence-electron chi connectivity index (χ1n) is 5.92. The highest BCUT2D eigenvalue weighted by molar-refractivity contribution is 9.10. The number of hydrogen-bond acceptors (Lipinski definition) is 4. The Kier molecular flexibility index (Phi) is 4.24. The molecule has 5 heteroatoms. The molecule has 1 unspecified atom stereocenters. The predicted molar refractivity (Wildman–Crippen MR) is 73.0 cm³/mol. The van der Waals surface area contributed by atoms with Crippen LogP contribution in [0, 0.1) is 0 Å². The first-order valence-corrected chi connectivity index (χ1v) is 6.71. The van der Waals surface area contributed by atoms with E-state index < -0.39 is 0 Å². The molecule has 0 aromatic heterocycles. The van der Waals surface area contributed by atoms with E-state index in [0.29, 0.717) is 23.6 Å². The molecule has 0 radical (unpaired) electrons. The zero-order valence-corrected chi connectivity index (χ0v) is 11.8. The normalized spacial score (nSPS) is 18.9. The first-order chi connectivity index (χ1) is 8.58. The highest BCUT2D eigenvalue weighted by Gasteiger charge is 2.19. The molecule has 0 amide bonds. The van der Waals surface area contributed by atoms with Crippen LogP contribution >= 0.6 is 15.9 Å². The van der Waals surface area contributed by atoms with Crippen molar-refractivity contribution in [2.45, 2.75) is 25.9 Å². The number of anilines is 1. The second-order valence-electron chi connectivity index (χ2n) is 4.37. The van der Waals surface area contributed by atoms with Crippen molar-refractivity contribution in [1.82, 2.24) is 0 Å². The smallest absolute Gasteiger partial charge is 0.163 e. The molecule has 1 aromatic rings. The lowest BCUT2D eigenvalue weighted by atomic mass is 10.1. The average Bonchev–Trinajstić information content (AvgIpc) is 2.79. The van der Waals surface area contributed by atoms with Gasteiger partial charge >= 0.3 is 0 Å². The number of carbonyl (C=O) groups is 1. The molecular formula is C13H16BrNO3. The van der Waals surface area contributed by atoms with Crippen LogP contribution in [0.5, 0.6) is 5.75 Å². The summed E-state index contributed by atoms with van der Waals surface area (Å²) in [4.78, 5) is 11.6. The van der Waals surface area contributed by atoms with Gasteiger partial charge in [0, 0.05) is 11.1 Å². The van der Waals surface area contributed by atoms with Crippen molar-refractivity contribution in [3.05, 3.63) is 22.2 Å². The molecule has 0 spiro atoms. The van der Waals surface area contributed by atoms with E-state index in [1.165, 1.54) is 6.92 Å². The molecule has 0 aliphatic carbocycles. The quantitative estimate of drug-likeness (QED) is 0.686. The number of halogens is 1. The van der Waals surface area contributed by atoms with Gasteiger partial charge in [-0.15, -0.1) is 0 Å². The maximum absolute atomic E-state index is 11.6. The van der Waals surface area contributed by atoms with Gasteiger partial charge in [-0.25, -0.2) is 0 Å². The van der Waals surface area contributed by atoms with Crippen LogP contribution in [-0.2, 0) is 4.74 Å². The zero-order chi connectivity index (χ0) is 13.1. The zero-order valence-electron chi connectivity index (χ0n) is 10.2. The van der Waals surface area contributed by atoms with E-state index in [1.54, 1.807) is 12.1 Å². The summed E-state index contributed by atoms with van der Waals surface area (Å²) in [5.41, 5.74) is 6.86. The van der Waals surface area contributed by atoms with Crippen molar-refractivity contribution in [3.8, 4) is 5.75 Å². The van der Waals surface area contributed by atoms with Crippen LogP contribution in [0.1, 0.15) is 30.1 Å². The number of carbonyl (C=O) groups excluding carboxylic acids is 1. The van der Waals surface area contributed by atoms with Crippen LogP contribution in [0.4, 0.5) is 5.69 Å². The molecule has 18 heavy (non-hydrogen) atoms. The number of hydrogen-bond donors (Lipinski definition) is 1. The van der Waals surface area contributed by atoms with Crippen LogP contribution in [0.3, 0.4) is 0 Å². The summed E-state index contributed by atoms with van der Waals surface area (Å²) < 4.78 is 11.9. The maximum atomic E-state index is 11.6. The molecule has 1 aromatic carbocycles. The molecule has 4 nitrogen and oxygen atoms in total. The molecule has 1 aliphatic rings. The molecule has 1 aliphatic heterocycles. The van der Waals surface area contributed by atoms with Gasteiger partial charge in [-0.3, -0.25) is 4.79 Å². The lowest BCUT2D eigenvalue weighted by Crippen LogP contribution is -2.18. The van der Waals surface area contributed by atoms with Gasteiger partial charge in [0.1, 0.15) is 6.61 Å². The summed E-state index contributed by atoms with van der Waals surface area (Å²) in [5, 5.41) is 0. The van der Waals surface area contributed by atoms with Crippen LogP contribution in [-0.4, -0.2) is 25.1 Å². The number of nitrogen functional groups attached to an aromatic ring is 1. The van der Waals surface area contributed by atoms with E-state index in [4.69, 9.17) is 15.2 Å². The summed E-state index contributed by atoms with van der Waals surface area (Å²) in [6.07, 6.45) is 2.16. The number of benzene rings is 1. The Hall–Kier alpha value is -1.07. The fourth-order valence-corrected chi connectivity index (χ4v) is 2.46. The molecule has 2 N–H and O–H groups in total. The van der Waals surface area contributed by atoms with Crippen LogP contribution in [0.25, 0.3) is 0 Å². The molecular weight excluding hydrogens is 298 g/mol. The van der Waals surface area contributed by atoms with Gasteiger partial charge in [0.25, 0.3) is 0 Å². The van der Waals surface area contributed by atoms with Gasteiger partial charge in [0.2, 0.25) is 0 Å². The Balaban J connectivity index is 2.17. The van der Waals surface area contributed by atoms with Gasteiger partial charge < -0.3 is 15.2 Å². The standard InChI is InChI=1S/C13H16BrNO3/c1-8(16)11-5-9(14)6-12(15)13(11)18-7-10-3-2-4-17-10/h5-6,10H,2-4,7,15H2,1H3. The Morgan fingerprint density at radius 2 is 2.39 bits per heavy atom. The van der Waals surface area contributed by atoms with E-state index >= 15 is 0 Å². The first kappa shape index (κ1) is 13.4. The predicted octanol–water partition coefficient (Wildman–Crippen LogP) is 2.79. The van der Waals surface area contributed by atoms with Crippen LogP contribution < -0.4 is 10.5 Å². The molecule has 0 bridgehead atoms. The molecule has 1 fully saturated rings. The van der Waals surface area contributed by atoms with Crippen molar-refractivity contribution in [3.63, 3.8) is 0 Å². The van der Waals surface area contributed by atoms with E-state index in [0.717, 1.165) is 23.9 Å². The molecule has 1 heterocycles. The second-order valence-corrected chi connectivity index (χ2v) is 5.29. The molecule has 1 saturated heterocycles. The Morgan fingerprint density at radius 3 is 3.00 bits per heavy atom. The number of ketones is 1. The topological polar surface area (TPSA) is 61.6 Å². The number of Topliss-reactive ketones (excluding diaryl/α,β-unsaturated/α-hetero) is 1. The molecule has 0 saturated carbocycles. The lowest BCUT2D eigenvalue weighted by Gasteiger charge is -2.15. The molecule has 1 atom stereocenters. The molecule has 98 valence electrons. The number of ether oxygens (including phenoxy) is 2. The third-order valence-electron chi connectivity index (χ3n) is 2.90. The summed E-state index contributed by atoms with van der Waals surface area (Å²) in [6.45, 7) is 2.72. The van der Waals surface area contributed by atoms with E-state index in [1.807, 2.05) is 0 Å². The molecule has 2 rings (SSSR count). The highest BCUT2D eigenvalue weighted by atomic mass is 79.9. The monoisotopic (exact) mass is 313 g/mol. The second kappa shape index (κ2) is 5.71. The number of nitrogens with two attached hydrogens (primary N) is 1. The largest absolute Gasteiger partial charge is 0.488 e. The minimum Gasteiger partial charge on any atom is -0.488 e. The van der Waals surface area contributed by atoms with Crippen molar-refractivity contribution in [2.24, 2.45) is 0 Å². The van der Waals surface area contributed by atoms with Gasteiger partial charge in [-0.2, -0.15) is 0 Å². The van der Waals surface area contributed by atoms with Crippen LogP contribution in [0.2, 0.25) is 0 Å². The maximum Gasteiger partial charge on any atom is 0.163 e. The van der Waals surface area contributed by atoms with Gasteiger partial charge in [-0.1, -0.05) is 15.9 Å². The Bertz CT molecular complexity index is 456. The van der Waals surface area contributed by atoms with Gasteiger partial charge in [-0.05, 0) is 31.9 Å². The van der Waals surface area contributed by atoms with Gasteiger partial charge in [0.15, 0.2) is 11.5 Å². The summed E-state index contributed by atoms with van der Waals surface area (Å²) in [6, 6.07) is 3.46. The van der Waals surface area contributed by atoms with E-state index in [-0.39, 0.29) is 11.9 Å². The summed E-state index contributed by atoms with van der Waals surface area (Å²) in [5.74, 6) is 0.395. The number of rotatable bonds is 4. The Labute approximate surface area is 115 Å². The SMILES string of the molecule is CC(=O)c1cc(Br)cc(N)c1OCC1CCCO1. The Morgan fingerprint density at radius 1 is 1.61 bits per heavy atom. The van der Waals surface area contributed by atoms with Crippen molar-refractivity contribution >= 4 is 27.4 Å². The fourth-order valence-electron chi connectivity index (χ4n) is 1.99. The third kappa shape index (κ3) is 3.03. The van der Waals surface area contributed by atoms with Gasteiger partial charge in [0.05, 0.1) is 17.4 Å². The lowest BCUT2D eigenvalue weighted by molar-refractivity contribution is 0.0675. The summed E-state index contributed by atoms with van der Waals surface area (Å²) in [7, 11) is 0. The van der Waals surface area contributed by atoms with Crippen molar-refractivity contribution in [2.75, 3.05) is 18.9 Å². The van der Waals surface area contributed by atoms with E-state index in [2.05, 4.69) is 15.9 Å². The van der Waals surface area contributed by atoms with E-state index in [9.17, 15) is 4.79 Å². The average molecular weight is 314 g/mol. The highest BCUT2D eigenvalue weighted by Crippen LogP contribution is 2.31. The summed E-state index contributed by atoms with van der Waals surface area (Å²) >= 11 is 3.32. The van der Waals surface area contributed by atoms with Crippen molar-refractivity contribution in [1.29, 1.82) is 0 Å². The van der Waals surface area contributed by atoms with Crippen LogP contribution in [0.15, 0.2) is 16.6 Å². The minimum absolute atomic E-state index is 0.0645. The third-order valence-corrected chi connectivity index (χ3v) is 3.36. The minimum atomic E-state index is -0.0645. The van der Waals surface area contributed by atoms with Crippen molar-refractivity contribution < 1.29 is 14.3 Å². The fraction of sp³-hybridized carbons (Fsp3) is 0.462.